The molecule has 1 N–H and O–H groups in total. The first-order chi connectivity index (χ1) is 8.78. The number of piperazine rings is 1. The molecule has 0 radical (unpaired) electrons. The lowest BCUT2D eigenvalue weighted by Crippen LogP contribution is -2.45. The van der Waals surface area contributed by atoms with Gasteiger partial charge in [0.25, 0.3) is 0 Å². The number of nitrogens with zero attached hydrogens (tertiary/aromatic N) is 5. The SMILES string of the molecule is CN1CCN(CCn2cc(CCCO)nn2)CC1. The smallest absolute Gasteiger partial charge is 0.0828 e. The van der Waals surface area contributed by atoms with Gasteiger partial charge in [-0.05, 0) is 19.9 Å². The molecule has 1 aliphatic heterocycles. The molecule has 2 heterocycles. The standard InChI is InChI=1S/C12H23N5O/c1-15-4-6-16(7-5-15)8-9-17-11-12(13-14-17)3-2-10-18/h11,18H,2-10H2,1H3. The van der Waals surface area contributed by atoms with Gasteiger partial charge < -0.3 is 10.0 Å². The first-order valence-corrected chi connectivity index (χ1v) is 6.68. The van der Waals surface area contributed by atoms with Crippen LogP contribution in [0.25, 0.3) is 0 Å². The fourth-order valence-corrected chi connectivity index (χ4v) is 2.14. The number of rotatable bonds is 6. The van der Waals surface area contributed by atoms with Crippen LogP contribution in [0.2, 0.25) is 0 Å². The van der Waals surface area contributed by atoms with Crippen molar-refractivity contribution in [2.24, 2.45) is 0 Å². The summed E-state index contributed by atoms with van der Waals surface area (Å²) in [6.07, 6.45) is 3.56. The average Bonchev–Trinajstić information content (AvgIpc) is 2.84. The molecule has 0 saturated carbocycles. The van der Waals surface area contributed by atoms with Gasteiger partial charge in [0.2, 0.25) is 0 Å². The van der Waals surface area contributed by atoms with E-state index in [1.807, 2.05) is 10.9 Å². The molecule has 0 unspecified atom stereocenters. The summed E-state index contributed by atoms with van der Waals surface area (Å²) in [6.45, 7) is 6.74. The summed E-state index contributed by atoms with van der Waals surface area (Å²) in [5.41, 5.74) is 0.974. The molecule has 0 amide bonds. The molecular formula is C12H23N5O. The Morgan fingerprint density at radius 1 is 1.22 bits per heavy atom. The Morgan fingerprint density at radius 3 is 2.72 bits per heavy atom. The Balaban J connectivity index is 1.71. The van der Waals surface area contributed by atoms with Gasteiger partial charge in [-0.15, -0.1) is 5.10 Å². The van der Waals surface area contributed by atoms with Crippen molar-refractivity contribution in [3.05, 3.63) is 11.9 Å². The minimum absolute atomic E-state index is 0.216. The zero-order valence-electron chi connectivity index (χ0n) is 11.1. The van der Waals surface area contributed by atoms with Crippen LogP contribution in [-0.4, -0.2) is 76.3 Å². The number of hydrogen-bond acceptors (Lipinski definition) is 5. The number of hydrogen-bond donors (Lipinski definition) is 1. The Kier molecular flexibility index (Phi) is 5.10. The summed E-state index contributed by atoms with van der Waals surface area (Å²) in [4.78, 5) is 4.83. The van der Waals surface area contributed by atoms with Crippen molar-refractivity contribution in [2.45, 2.75) is 19.4 Å². The Hall–Kier alpha value is -0.980. The van der Waals surface area contributed by atoms with Gasteiger partial charge in [-0.25, -0.2) is 0 Å². The molecule has 18 heavy (non-hydrogen) atoms. The van der Waals surface area contributed by atoms with Crippen molar-refractivity contribution in [1.82, 2.24) is 24.8 Å². The van der Waals surface area contributed by atoms with Crippen LogP contribution in [0.1, 0.15) is 12.1 Å². The second kappa shape index (κ2) is 6.82. The first-order valence-electron chi connectivity index (χ1n) is 6.68. The molecule has 1 aliphatic rings. The van der Waals surface area contributed by atoms with Crippen LogP contribution in [0.3, 0.4) is 0 Å². The number of aromatic nitrogens is 3. The number of likely N-dealkylation sites (N-methyl/N-ethyl adjacent to an activating group) is 1. The van der Waals surface area contributed by atoms with Crippen molar-refractivity contribution in [3.8, 4) is 0 Å². The van der Waals surface area contributed by atoms with Crippen molar-refractivity contribution in [2.75, 3.05) is 46.4 Å². The highest BCUT2D eigenvalue weighted by Gasteiger charge is 2.13. The highest BCUT2D eigenvalue weighted by atomic mass is 16.2. The Labute approximate surface area is 108 Å². The maximum absolute atomic E-state index is 8.76. The molecule has 0 aliphatic carbocycles. The predicted molar refractivity (Wildman–Crippen MR) is 69.4 cm³/mol. The van der Waals surface area contributed by atoms with E-state index in [1.54, 1.807) is 0 Å². The molecule has 0 bridgehead atoms. The van der Waals surface area contributed by atoms with E-state index in [0.717, 1.165) is 57.8 Å². The normalized spacial score (nSPS) is 18.3. The molecule has 6 nitrogen and oxygen atoms in total. The highest BCUT2D eigenvalue weighted by Crippen LogP contribution is 2.01. The van der Waals surface area contributed by atoms with Crippen LogP contribution in [0, 0.1) is 0 Å². The molecule has 1 aromatic heterocycles. The molecule has 1 saturated heterocycles. The Morgan fingerprint density at radius 2 is 2.00 bits per heavy atom. The lowest BCUT2D eigenvalue weighted by molar-refractivity contribution is 0.148. The molecule has 102 valence electrons. The molecular weight excluding hydrogens is 230 g/mol. The van der Waals surface area contributed by atoms with Crippen molar-refractivity contribution in [3.63, 3.8) is 0 Å². The quantitative estimate of drug-likeness (QED) is 0.737. The van der Waals surface area contributed by atoms with Crippen molar-refractivity contribution < 1.29 is 5.11 Å². The number of aliphatic hydroxyl groups excluding tert-OH is 1. The summed E-state index contributed by atoms with van der Waals surface area (Å²) in [6, 6.07) is 0. The van der Waals surface area contributed by atoms with Gasteiger partial charge in [-0.3, -0.25) is 9.58 Å². The third-order valence-electron chi connectivity index (χ3n) is 3.42. The second-order valence-corrected chi connectivity index (χ2v) is 4.95. The van der Waals surface area contributed by atoms with E-state index < -0.39 is 0 Å². The van der Waals surface area contributed by atoms with Crippen LogP contribution in [-0.2, 0) is 13.0 Å². The maximum atomic E-state index is 8.76. The van der Waals surface area contributed by atoms with Crippen molar-refractivity contribution in [1.29, 1.82) is 0 Å². The largest absolute Gasteiger partial charge is 0.396 e. The number of aliphatic hydroxyl groups is 1. The minimum atomic E-state index is 0.216. The van der Waals surface area contributed by atoms with Crippen LogP contribution in [0.15, 0.2) is 6.20 Å². The second-order valence-electron chi connectivity index (χ2n) is 4.95. The number of aryl methyl sites for hydroxylation is 1. The zero-order valence-corrected chi connectivity index (χ0v) is 11.1. The third kappa shape index (κ3) is 4.04. The molecule has 0 aromatic carbocycles. The fraction of sp³-hybridized carbons (Fsp3) is 0.833. The first kappa shape index (κ1) is 13.5. The van der Waals surface area contributed by atoms with E-state index in [9.17, 15) is 0 Å². The average molecular weight is 253 g/mol. The predicted octanol–water partition coefficient (Wildman–Crippen LogP) is -0.550. The Bertz CT molecular complexity index is 346. The van der Waals surface area contributed by atoms with Gasteiger partial charge in [0, 0.05) is 45.5 Å². The summed E-state index contributed by atoms with van der Waals surface area (Å²) in [5.74, 6) is 0. The third-order valence-corrected chi connectivity index (χ3v) is 3.42. The summed E-state index contributed by atoms with van der Waals surface area (Å²) < 4.78 is 1.91. The van der Waals surface area contributed by atoms with Gasteiger partial charge >= 0.3 is 0 Å². The van der Waals surface area contributed by atoms with Crippen molar-refractivity contribution >= 4 is 0 Å². The summed E-state index contributed by atoms with van der Waals surface area (Å²) >= 11 is 0. The van der Waals surface area contributed by atoms with E-state index in [2.05, 4.69) is 27.2 Å². The van der Waals surface area contributed by atoms with Gasteiger partial charge in [0.15, 0.2) is 0 Å². The van der Waals surface area contributed by atoms with Crippen LogP contribution < -0.4 is 0 Å². The molecule has 6 heteroatoms. The minimum Gasteiger partial charge on any atom is -0.396 e. The van der Waals surface area contributed by atoms with Gasteiger partial charge in [0.05, 0.1) is 12.2 Å². The molecule has 1 fully saturated rings. The van der Waals surface area contributed by atoms with Crippen LogP contribution >= 0.6 is 0 Å². The van der Waals surface area contributed by atoms with E-state index in [0.29, 0.717) is 0 Å². The maximum Gasteiger partial charge on any atom is 0.0828 e. The zero-order chi connectivity index (χ0) is 12.8. The van der Waals surface area contributed by atoms with Crippen LogP contribution in [0.4, 0.5) is 0 Å². The van der Waals surface area contributed by atoms with E-state index in [1.165, 1.54) is 0 Å². The van der Waals surface area contributed by atoms with Crippen LogP contribution in [0.5, 0.6) is 0 Å². The topological polar surface area (TPSA) is 57.4 Å². The van der Waals surface area contributed by atoms with Gasteiger partial charge in [-0.1, -0.05) is 5.21 Å². The monoisotopic (exact) mass is 253 g/mol. The lowest BCUT2D eigenvalue weighted by Gasteiger charge is -2.32. The highest BCUT2D eigenvalue weighted by molar-refractivity contribution is 4.92. The lowest BCUT2D eigenvalue weighted by atomic mass is 10.3. The molecule has 0 atom stereocenters. The van der Waals surface area contributed by atoms with Gasteiger partial charge in [-0.2, -0.15) is 0 Å². The van der Waals surface area contributed by atoms with E-state index >= 15 is 0 Å². The van der Waals surface area contributed by atoms with E-state index in [4.69, 9.17) is 5.11 Å². The van der Waals surface area contributed by atoms with E-state index in [-0.39, 0.29) is 6.61 Å². The van der Waals surface area contributed by atoms with Gasteiger partial charge in [0.1, 0.15) is 0 Å². The summed E-state index contributed by atoms with van der Waals surface area (Å²) in [7, 11) is 2.17. The fourth-order valence-electron chi connectivity index (χ4n) is 2.14. The summed E-state index contributed by atoms with van der Waals surface area (Å²) in [5, 5.41) is 17.0. The molecule has 2 rings (SSSR count). The molecule has 1 aromatic rings. The molecule has 0 spiro atoms.